The van der Waals surface area contributed by atoms with Crippen LogP contribution >= 0.6 is 0 Å². The number of nitrogens with one attached hydrogen (secondary N) is 1. The summed E-state index contributed by atoms with van der Waals surface area (Å²) < 4.78 is 6.62. The number of H-pyrrole nitrogens is 1. The molecule has 7 heteroatoms. The van der Waals surface area contributed by atoms with Gasteiger partial charge in [-0.25, -0.2) is 4.79 Å². The molecule has 1 aromatic carbocycles. The molecule has 1 amide bonds. The van der Waals surface area contributed by atoms with Crippen LogP contribution in [0.25, 0.3) is 11.0 Å². The summed E-state index contributed by atoms with van der Waals surface area (Å²) in [5.74, 6) is -0.277. The predicted octanol–water partition coefficient (Wildman–Crippen LogP) is 2.05. The van der Waals surface area contributed by atoms with E-state index in [9.17, 15) is 14.4 Å². The average molecular weight is 359 g/mol. The summed E-state index contributed by atoms with van der Waals surface area (Å²) in [6.45, 7) is 3.11. The third kappa shape index (κ3) is 3.98. The lowest BCUT2D eigenvalue weighted by Gasteiger charge is -2.35. The van der Waals surface area contributed by atoms with Crippen molar-refractivity contribution in [2.24, 2.45) is 0 Å². The monoisotopic (exact) mass is 359 g/mol. The van der Waals surface area contributed by atoms with Gasteiger partial charge in [-0.15, -0.1) is 0 Å². The largest absolute Gasteiger partial charge is 0.466 e. The minimum absolute atomic E-state index is 0.0174. The fourth-order valence-corrected chi connectivity index (χ4v) is 3.63. The third-order valence-corrected chi connectivity index (χ3v) is 4.89. The van der Waals surface area contributed by atoms with Gasteiger partial charge in [0.25, 0.3) is 0 Å². The number of nitrogens with zero attached hydrogens (tertiary/aromatic N) is 2. The van der Waals surface area contributed by atoms with Gasteiger partial charge in [-0.05, 0) is 38.3 Å². The summed E-state index contributed by atoms with van der Waals surface area (Å²) in [5, 5.41) is 0. The molecular weight excluding hydrogens is 334 g/mol. The van der Waals surface area contributed by atoms with E-state index < -0.39 is 0 Å². The Morgan fingerprint density at radius 1 is 1.27 bits per heavy atom. The van der Waals surface area contributed by atoms with Crippen LogP contribution in [0.2, 0.25) is 0 Å². The van der Waals surface area contributed by atoms with Gasteiger partial charge in [0.05, 0.1) is 24.1 Å². The number of likely N-dealkylation sites (tertiary alicyclic amines) is 1. The molecule has 1 fully saturated rings. The van der Waals surface area contributed by atoms with Crippen LogP contribution in [0.4, 0.5) is 0 Å². The molecule has 26 heavy (non-hydrogen) atoms. The zero-order valence-electron chi connectivity index (χ0n) is 15.1. The minimum Gasteiger partial charge on any atom is -0.466 e. The van der Waals surface area contributed by atoms with Gasteiger partial charge in [0.2, 0.25) is 5.91 Å². The summed E-state index contributed by atoms with van der Waals surface area (Å²) in [5.41, 5.74) is 1.36. The number of ether oxygens (including phenoxy) is 1. The Hall–Kier alpha value is -2.57. The number of carbonyl (C=O) groups excluding carboxylic acids is 2. The normalized spacial score (nSPS) is 17.4. The highest BCUT2D eigenvalue weighted by atomic mass is 16.5. The van der Waals surface area contributed by atoms with Crippen molar-refractivity contribution in [3.05, 3.63) is 34.7 Å². The Morgan fingerprint density at radius 2 is 2.08 bits per heavy atom. The zero-order chi connectivity index (χ0) is 18.5. The van der Waals surface area contributed by atoms with Crippen LogP contribution in [-0.4, -0.2) is 45.5 Å². The van der Waals surface area contributed by atoms with Crippen molar-refractivity contribution in [3.63, 3.8) is 0 Å². The first-order chi connectivity index (χ1) is 12.6. The van der Waals surface area contributed by atoms with Crippen LogP contribution in [0.3, 0.4) is 0 Å². The van der Waals surface area contributed by atoms with E-state index in [1.54, 1.807) is 16.4 Å². The molecule has 1 N–H and O–H groups in total. The first-order valence-electron chi connectivity index (χ1n) is 9.22. The molecule has 1 saturated heterocycles. The molecule has 1 atom stereocenters. The van der Waals surface area contributed by atoms with Crippen LogP contribution < -0.4 is 5.69 Å². The highest BCUT2D eigenvalue weighted by molar-refractivity contribution is 5.79. The molecule has 2 heterocycles. The van der Waals surface area contributed by atoms with E-state index >= 15 is 0 Å². The first-order valence-corrected chi connectivity index (χ1v) is 9.22. The number of aromatic nitrogens is 2. The van der Waals surface area contributed by atoms with Gasteiger partial charge in [-0.3, -0.25) is 14.2 Å². The quantitative estimate of drug-likeness (QED) is 0.800. The van der Waals surface area contributed by atoms with Crippen LogP contribution in [0.15, 0.2) is 29.1 Å². The second-order valence-electron chi connectivity index (χ2n) is 6.59. The number of imidazole rings is 1. The molecule has 0 unspecified atom stereocenters. The number of fused-ring (bicyclic) bond motifs is 1. The summed E-state index contributed by atoms with van der Waals surface area (Å²) in [6.07, 6.45) is 3.25. The van der Waals surface area contributed by atoms with E-state index in [1.807, 2.05) is 24.3 Å². The highest BCUT2D eigenvalue weighted by Gasteiger charge is 2.28. The van der Waals surface area contributed by atoms with Crippen molar-refractivity contribution in [1.29, 1.82) is 0 Å². The Balaban J connectivity index is 1.66. The number of para-hydroxylation sites is 2. The van der Waals surface area contributed by atoms with Gasteiger partial charge in [0.15, 0.2) is 0 Å². The zero-order valence-corrected chi connectivity index (χ0v) is 15.1. The molecule has 0 aliphatic carbocycles. The van der Waals surface area contributed by atoms with Crippen molar-refractivity contribution in [2.75, 3.05) is 13.2 Å². The Bertz CT molecular complexity index is 839. The van der Waals surface area contributed by atoms with Gasteiger partial charge in [0.1, 0.15) is 0 Å². The van der Waals surface area contributed by atoms with Crippen LogP contribution in [0, 0.1) is 0 Å². The maximum Gasteiger partial charge on any atom is 0.326 e. The summed E-state index contributed by atoms with van der Waals surface area (Å²) in [7, 11) is 0. The molecule has 0 saturated carbocycles. The summed E-state index contributed by atoms with van der Waals surface area (Å²) in [6, 6.07) is 7.34. The molecular formula is C19H25N3O4. The maximum atomic E-state index is 12.7. The van der Waals surface area contributed by atoms with Gasteiger partial charge in [-0.2, -0.15) is 0 Å². The van der Waals surface area contributed by atoms with Gasteiger partial charge < -0.3 is 14.6 Å². The number of esters is 1. The molecule has 7 nitrogen and oxygen atoms in total. The molecule has 2 aromatic rings. The molecule has 0 radical (unpaired) electrons. The Labute approximate surface area is 151 Å². The summed E-state index contributed by atoms with van der Waals surface area (Å²) in [4.78, 5) is 41.3. The van der Waals surface area contributed by atoms with Crippen LogP contribution in [0.1, 0.15) is 39.0 Å². The Kier molecular flexibility index (Phi) is 5.75. The van der Waals surface area contributed by atoms with E-state index in [-0.39, 0.29) is 36.4 Å². The first kappa shape index (κ1) is 18.2. The van der Waals surface area contributed by atoms with Crippen molar-refractivity contribution < 1.29 is 14.3 Å². The van der Waals surface area contributed by atoms with Gasteiger partial charge in [-0.1, -0.05) is 12.1 Å². The smallest absolute Gasteiger partial charge is 0.326 e. The number of benzene rings is 1. The number of aryl methyl sites for hydroxylation is 1. The molecule has 1 aliphatic rings. The van der Waals surface area contributed by atoms with Crippen LogP contribution in [0.5, 0.6) is 0 Å². The van der Waals surface area contributed by atoms with E-state index in [1.165, 1.54) is 0 Å². The van der Waals surface area contributed by atoms with E-state index in [4.69, 9.17) is 4.74 Å². The fraction of sp³-hybridized carbons (Fsp3) is 0.526. The number of carbonyl (C=O) groups is 2. The maximum absolute atomic E-state index is 12.7. The van der Waals surface area contributed by atoms with Crippen molar-refractivity contribution in [1.82, 2.24) is 14.5 Å². The SMILES string of the molecule is CCOC(=O)C[C@@H]1CCCCN1C(=O)CCn1c(=O)[nH]c2ccccc21. The van der Waals surface area contributed by atoms with Gasteiger partial charge >= 0.3 is 11.7 Å². The molecule has 140 valence electrons. The summed E-state index contributed by atoms with van der Waals surface area (Å²) >= 11 is 0. The fourth-order valence-electron chi connectivity index (χ4n) is 3.63. The van der Waals surface area contributed by atoms with Crippen molar-refractivity contribution in [2.45, 2.75) is 51.6 Å². The number of rotatable bonds is 6. The molecule has 0 bridgehead atoms. The lowest BCUT2D eigenvalue weighted by molar-refractivity contribution is -0.146. The molecule has 0 spiro atoms. The van der Waals surface area contributed by atoms with Crippen molar-refractivity contribution in [3.8, 4) is 0 Å². The van der Waals surface area contributed by atoms with Crippen LogP contribution in [-0.2, 0) is 20.9 Å². The highest BCUT2D eigenvalue weighted by Crippen LogP contribution is 2.21. The second kappa shape index (κ2) is 8.21. The number of aromatic amines is 1. The molecule has 3 rings (SSSR count). The Morgan fingerprint density at radius 3 is 2.88 bits per heavy atom. The number of hydrogen-bond donors (Lipinski definition) is 1. The van der Waals surface area contributed by atoms with Gasteiger partial charge in [0, 0.05) is 25.6 Å². The third-order valence-electron chi connectivity index (χ3n) is 4.89. The minimum atomic E-state index is -0.259. The van der Waals surface area contributed by atoms with Crippen molar-refractivity contribution >= 4 is 22.9 Å². The van der Waals surface area contributed by atoms with E-state index in [2.05, 4.69) is 4.98 Å². The lowest BCUT2D eigenvalue weighted by Crippen LogP contribution is -2.45. The standard InChI is InChI=1S/C19H25N3O4/c1-2-26-18(24)13-14-7-5-6-11-21(14)17(23)10-12-22-16-9-4-3-8-15(16)20-19(22)25/h3-4,8-9,14H,2,5-7,10-13H2,1H3,(H,20,25)/t14-/m0/s1. The number of hydrogen-bond acceptors (Lipinski definition) is 4. The number of amides is 1. The topological polar surface area (TPSA) is 84.4 Å². The lowest BCUT2D eigenvalue weighted by atomic mass is 9.99. The second-order valence-corrected chi connectivity index (χ2v) is 6.59. The molecule has 1 aliphatic heterocycles. The van der Waals surface area contributed by atoms with E-state index in [0.717, 1.165) is 30.3 Å². The predicted molar refractivity (Wildman–Crippen MR) is 97.8 cm³/mol. The number of piperidine rings is 1. The average Bonchev–Trinajstić information content (AvgIpc) is 2.95. The van der Waals surface area contributed by atoms with E-state index in [0.29, 0.717) is 19.7 Å². The molecule has 1 aromatic heterocycles.